The first-order valence-electron chi connectivity index (χ1n) is 19.7. The lowest BCUT2D eigenvalue weighted by molar-refractivity contribution is -0.138. The van der Waals surface area contributed by atoms with Gasteiger partial charge in [0.1, 0.15) is 0 Å². The molecule has 0 aromatic rings. The maximum Gasteiger partial charge on any atom is 0.287 e. The predicted octanol–water partition coefficient (Wildman–Crippen LogP) is 11.4. The SMILES string of the molecule is CCCCCCCCCCCCCCC(=O)C(=O)NC[C@H](COCCCCCCCCCC)OCCCCCCCCCC. The van der Waals surface area contributed by atoms with Crippen LogP contribution in [-0.4, -0.2) is 44.2 Å². The molecule has 0 heterocycles. The summed E-state index contributed by atoms with van der Waals surface area (Å²) in [5.74, 6) is -0.754. The Kier molecular flexibility index (Phi) is 35.7. The van der Waals surface area contributed by atoms with Crippen molar-refractivity contribution in [3.8, 4) is 0 Å². The molecule has 0 spiro atoms. The van der Waals surface area contributed by atoms with Gasteiger partial charge in [-0.1, -0.05) is 181 Å². The summed E-state index contributed by atoms with van der Waals surface area (Å²) < 4.78 is 12.1. The largest absolute Gasteiger partial charge is 0.379 e. The molecule has 0 saturated carbocycles. The van der Waals surface area contributed by atoms with Gasteiger partial charge in [-0.25, -0.2) is 0 Å². The number of rotatable bonds is 37. The fourth-order valence-electron chi connectivity index (χ4n) is 5.75. The lowest BCUT2D eigenvalue weighted by Crippen LogP contribution is -2.39. The lowest BCUT2D eigenvalue weighted by Gasteiger charge is -2.19. The molecule has 44 heavy (non-hydrogen) atoms. The molecule has 0 aromatic carbocycles. The quantitative estimate of drug-likeness (QED) is 0.0552. The van der Waals surface area contributed by atoms with Gasteiger partial charge in [0, 0.05) is 26.2 Å². The van der Waals surface area contributed by atoms with Crippen molar-refractivity contribution in [2.24, 2.45) is 0 Å². The Morgan fingerprint density at radius 3 is 1.27 bits per heavy atom. The summed E-state index contributed by atoms with van der Waals surface area (Å²) in [6.07, 6.45) is 35.6. The molecule has 0 bridgehead atoms. The van der Waals surface area contributed by atoms with E-state index in [9.17, 15) is 9.59 Å². The Balaban J connectivity index is 4.12. The van der Waals surface area contributed by atoms with Crippen molar-refractivity contribution in [1.29, 1.82) is 0 Å². The van der Waals surface area contributed by atoms with Crippen LogP contribution in [0, 0.1) is 0 Å². The first kappa shape index (κ1) is 43.1. The van der Waals surface area contributed by atoms with Gasteiger partial charge < -0.3 is 14.8 Å². The Bertz CT molecular complexity index is 597. The molecule has 0 fully saturated rings. The maximum absolute atomic E-state index is 12.5. The third-order valence-electron chi connectivity index (χ3n) is 8.80. The van der Waals surface area contributed by atoms with Gasteiger partial charge in [0.2, 0.25) is 5.78 Å². The van der Waals surface area contributed by atoms with E-state index < -0.39 is 5.91 Å². The molecular formula is C39H77NO4. The standard InChI is InChI=1S/C39H77NO4/c1-4-7-10-13-16-19-20-21-22-23-26-29-32-38(41)39(42)40-35-37(44-34-31-28-25-18-15-12-9-6-3)36-43-33-30-27-24-17-14-11-8-5-2/h37H,4-36H2,1-3H3,(H,40,42)/t37-/m1/s1. The molecule has 5 nitrogen and oxygen atoms in total. The van der Waals surface area contributed by atoms with Gasteiger partial charge in [-0.05, 0) is 19.3 Å². The zero-order chi connectivity index (χ0) is 32.2. The van der Waals surface area contributed by atoms with Crippen LogP contribution in [0.2, 0.25) is 0 Å². The van der Waals surface area contributed by atoms with E-state index in [0.717, 1.165) is 38.7 Å². The summed E-state index contributed by atoms with van der Waals surface area (Å²) in [4.78, 5) is 24.9. The van der Waals surface area contributed by atoms with Crippen molar-refractivity contribution >= 4 is 11.7 Å². The summed E-state index contributed by atoms with van der Waals surface area (Å²) >= 11 is 0. The van der Waals surface area contributed by atoms with Crippen LogP contribution in [0.3, 0.4) is 0 Å². The summed E-state index contributed by atoms with van der Waals surface area (Å²) in [5, 5.41) is 2.85. The lowest BCUT2D eigenvalue weighted by atomic mass is 10.0. The fourth-order valence-corrected chi connectivity index (χ4v) is 5.75. The van der Waals surface area contributed by atoms with Crippen molar-refractivity contribution < 1.29 is 19.1 Å². The van der Waals surface area contributed by atoms with E-state index in [-0.39, 0.29) is 11.9 Å². The predicted molar refractivity (Wildman–Crippen MR) is 189 cm³/mol. The van der Waals surface area contributed by atoms with Crippen LogP contribution in [0.5, 0.6) is 0 Å². The molecule has 0 saturated heterocycles. The fraction of sp³-hybridized carbons (Fsp3) is 0.949. The molecule has 1 atom stereocenters. The van der Waals surface area contributed by atoms with Crippen molar-refractivity contribution in [3.63, 3.8) is 0 Å². The Labute approximate surface area is 275 Å². The minimum Gasteiger partial charge on any atom is -0.379 e. The number of unbranched alkanes of at least 4 members (excludes halogenated alkanes) is 25. The number of carbonyl (C=O) groups excluding carboxylic acids is 2. The molecule has 0 unspecified atom stereocenters. The summed E-state index contributed by atoms with van der Waals surface area (Å²) in [6.45, 7) is 9.01. The van der Waals surface area contributed by atoms with Crippen molar-refractivity contribution in [2.45, 2.75) is 213 Å². The van der Waals surface area contributed by atoms with Gasteiger partial charge in [0.05, 0.1) is 12.7 Å². The van der Waals surface area contributed by atoms with E-state index in [4.69, 9.17) is 9.47 Å². The van der Waals surface area contributed by atoms with Crippen LogP contribution in [0.25, 0.3) is 0 Å². The van der Waals surface area contributed by atoms with Crippen LogP contribution >= 0.6 is 0 Å². The molecule has 0 aliphatic rings. The smallest absolute Gasteiger partial charge is 0.287 e. The van der Waals surface area contributed by atoms with Gasteiger partial charge >= 0.3 is 0 Å². The van der Waals surface area contributed by atoms with Gasteiger partial charge in [0.15, 0.2) is 0 Å². The highest BCUT2D eigenvalue weighted by molar-refractivity contribution is 6.36. The number of hydrogen-bond donors (Lipinski definition) is 1. The normalized spacial score (nSPS) is 12.1. The van der Waals surface area contributed by atoms with Gasteiger partial charge in [-0.15, -0.1) is 0 Å². The zero-order valence-electron chi connectivity index (χ0n) is 30.0. The first-order valence-corrected chi connectivity index (χ1v) is 19.7. The Morgan fingerprint density at radius 2 is 0.841 bits per heavy atom. The second-order valence-electron chi connectivity index (χ2n) is 13.3. The summed E-state index contributed by atoms with van der Waals surface area (Å²) in [6, 6.07) is 0. The van der Waals surface area contributed by atoms with E-state index in [1.165, 1.54) is 148 Å². The van der Waals surface area contributed by atoms with Crippen LogP contribution in [0.15, 0.2) is 0 Å². The van der Waals surface area contributed by atoms with Crippen molar-refractivity contribution in [3.05, 3.63) is 0 Å². The zero-order valence-corrected chi connectivity index (χ0v) is 30.0. The summed E-state index contributed by atoms with van der Waals surface area (Å²) in [5.41, 5.74) is 0. The minimum absolute atomic E-state index is 0.197. The van der Waals surface area contributed by atoms with Crippen LogP contribution in [0.4, 0.5) is 0 Å². The second-order valence-corrected chi connectivity index (χ2v) is 13.3. The highest BCUT2D eigenvalue weighted by Gasteiger charge is 2.16. The number of carbonyl (C=O) groups is 2. The molecule has 0 aromatic heterocycles. The van der Waals surface area contributed by atoms with E-state index >= 15 is 0 Å². The molecule has 5 heteroatoms. The van der Waals surface area contributed by atoms with Gasteiger partial charge in [-0.2, -0.15) is 0 Å². The number of hydrogen-bond acceptors (Lipinski definition) is 4. The van der Waals surface area contributed by atoms with Crippen LogP contribution in [0.1, 0.15) is 207 Å². The Morgan fingerprint density at radius 1 is 0.477 bits per heavy atom. The van der Waals surface area contributed by atoms with Gasteiger partial charge in [0.25, 0.3) is 5.91 Å². The topological polar surface area (TPSA) is 64.6 Å². The Hall–Kier alpha value is -0.940. The molecule has 1 N–H and O–H groups in total. The third-order valence-corrected chi connectivity index (χ3v) is 8.80. The van der Waals surface area contributed by atoms with E-state index in [1.54, 1.807) is 0 Å². The van der Waals surface area contributed by atoms with Gasteiger partial charge in [-0.3, -0.25) is 9.59 Å². The molecular weight excluding hydrogens is 546 g/mol. The monoisotopic (exact) mass is 624 g/mol. The number of nitrogens with one attached hydrogen (secondary N) is 1. The number of amides is 1. The second kappa shape index (κ2) is 36.5. The third kappa shape index (κ3) is 32.5. The molecule has 0 aliphatic carbocycles. The average Bonchev–Trinajstić information content (AvgIpc) is 3.03. The van der Waals surface area contributed by atoms with Crippen LogP contribution < -0.4 is 5.32 Å². The highest BCUT2D eigenvalue weighted by Crippen LogP contribution is 2.13. The molecule has 0 rings (SSSR count). The van der Waals surface area contributed by atoms with E-state index in [1.807, 2.05) is 0 Å². The minimum atomic E-state index is -0.461. The average molecular weight is 624 g/mol. The number of ketones is 1. The molecule has 1 amide bonds. The van der Waals surface area contributed by atoms with Crippen LogP contribution in [-0.2, 0) is 19.1 Å². The number of Topliss-reactive ketones (excluding diaryl/α,β-unsaturated/α-hetero) is 1. The number of ether oxygens (including phenoxy) is 2. The van der Waals surface area contributed by atoms with E-state index in [2.05, 4.69) is 26.1 Å². The molecule has 0 radical (unpaired) electrons. The highest BCUT2D eigenvalue weighted by atomic mass is 16.5. The molecule has 262 valence electrons. The summed E-state index contributed by atoms with van der Waals surface area (Å²) in [7, 11) is 0. The van der Waals surface area contributed by atoms with Crippen molar-refractivity contribution in [1.82, 2.24) is 5.32 Å². The van der Waals surface area contributed by atoms with E-state index in [0.29, 0.717) is 26.2 Å². The first-order chi connectivity index (χ1) is 21.7. The van der Waals surface area contributed by atoms with Crippen molar-refractivity contribution in [2.75, 3.05) is 26.4 Å². The maximum atomic E-state index is 12.5. The molecule has 0 aliphatic heterocycles.